The second kappa shape index (κ2) is 9.57. The number of hydrogen-bond acceptors (Lipinski definition) is 4. The van der Waals surface area contributed by atoms with Gasteiger partial charge in [0, 0.05) is 38.0 Å². The van der Waals surface area contributed by atoms with Crippen molar-refractivity contribution < 1.29 is 19.2 Å². The third-order valence-corrected chi connectivity index (χ3v) is 7.64. The van der Waals surface area contributed by atoms with Gasteiger partial charge in [-0.3, -0.25) is 19.3 Å². The van der Waals surface area contributed by atoms with Crippen molar-refractivity contribution in [2.45, 2.75) is 95.1 Å². The van der Waals surface area contributed by atoms with E-state index in [1.807, 2.05) is 4.90 Å². The van der Waals surface area contributed by atoms with Crippen LogP contribution in [0.15, 0.2) is 0 Å². The first-order chi connectivity index (χ1) is 15.0. The largest absolute Gasteiger partial charge is 0.353 e. The van der Waals surface area contributed by atoms with Gasteiger partial charge in [0.1, 0.15) is 5.54 Å². The predicted octanol–water partition coefficient (Wildman–Crippen LogP) is 2.32. The van der Waals surface area contributed by atoms with Gasteiger partial charge in [-0.15, -0.1) is 0 Å². The topological polar surface area (TPSA) is 98.8 Å². The molecule has 0 aromatic heterocycles. The number of amides is 5. The lowest BCUT2D eigenvalue weighted by Crippen LogP contribution is -2.49. The summed E-state index contributed by atoms with van der Waals surface area (Å²) >= 11 is 0. The molecule has 5 amide bonds. The third kappa shape index (κ3) is 4.88. The lowest BCUT2D eigenvalue weighted by Gasteiger charge is -2.35. The minimum Gasteiger partial charge on any atom is -0.353 e. The quantitative estimate of drug-likeness (QED) is 0.652. The van der Waals surface area contributed by atoms with E-state index < -0.39 is 5.54 Å². The first-order valence-electron chi connectivity index (χ1n) is 12.2. The van der Waals surface area contributed by atoms with E-state index in [4.69, 9.17) is 0 Å². The van der Waals surface area contributed by atoms with Crippen molar-refractivity contribution in [3.05, 3.63) is 0 Å². The molecular weight excluding hydrogens is 396 g/mol. The fourth-order valence-electron chi connectivity index (χ4n) is 5.74. The summed E-state index contributed by atoms with van der Waals surface area (Å²) in [7, 11) is 0. The van der Waals surface area contributed by atoms with E-state index in [-0.39, 0.29) is 42.8 Å². The Bertz CT molecular complexity index is 704. The minimum absolute atomic E-state index is 0.0516. The fourth-order valence-corrected chi connectivity index (χ4v) is 5.74. The molecule has 0 radical (unpaired) electrons. The molecule has 2 saturated carbocycles. The van der Waals surface area contributed by atoms with Crippen LogP contribution in [0.4, 0.5) is 4.79 Å². The molecule has 2 N–H and O–H groups in total. The van der Waals surface area contributed by atoms with Gasteiger partial charge in [-0.05, 0) is 38.5 Å². The normalized spacial score (nSPS) is 25.0. The first-order valence-corrected chi connectivity index (χ1v) is 12.2. The Morgan fingerprint density at radius 1 is 0.935 bits per heavy atom. The molecule has 172 valence electrons. The van der Waals surface area contributed by atoms with Gasteiger partial charge in [-0.1, -0.05) is 38.5 Å². The van der Waals surface area contributed by atoms with Crippen LogP contribution in [-0.2, 0) is 14.4 Å². The van der Waals surface area contributed by atoms with Crippen LogP contribution in [0.5, 0.6) is 0 Å². The minimum atomic E-state index is -0.733. The van der Waals surface area contributed by atoms with Gasteiger partial charge in [-0.2, -0.15) is 0 Å². The van der Waals surface area contributed by atoms with E-state index in [0.29, 0.717) is 31.8 Å². The molecule has 2 saturated heterocycles. The highest BCUT2D eigenvalue weighted by Crippen LogP contribution is 2.33. The molecule has 2 aliphatic heterocycles. The van der Waals surface area contributed by atoms with Crippen molar-refractivity contribution in [2.75, 3.05) is 19.6 Å². The second-order valence-electron chi connectivity index (χ2n) is 9.78. The number of imide groups is 1. The molecule has 8 nitrogen and oxygen atoms in total. The van der Waals surface area contributed by atoms with Gasteiger partial charge < -0.3 is 15.5 Å². The number of likely N-dealkylation sites (tertiary alicyclic amines) is 1. The molecule has 1 spiro atoms. The van der Waals surface area contributed by atoms with Gasteiger partial charge >= 0.3 is 6.03 Å². The smallest absolute Gasteiger partial charge is 0.325 e. The number of urea groups is 1. The van der Waals surface area contributed by atoms with Crippen LogP contribution in [0.1, 0.15) is 83.5 Å². The number of nitrogens with zero attached hydrogens (tertiary/aromatic N) is 2. The monoisotopic (exact) mass is 432 g/mol. The summed E-state index contributed by atoms with van der Waals surface area (Å²) in [4.78, 5) is 53.4. The molecule has 4 aliphatic rings. The number of rotatable bonds is 5. The maximum absolute atomic E-state index is 12.8. The molecule has 4 fully saturated rings. The lowest BCUT2D eigenvalue weighted by atomic mass is 9.82. The van der Waals surface area contributed by atoms with Gasteiger partial charge in [0.2, 0.25) is 11.8 Å². The van der Waals surface area contributed by atoms with Crippen LogP contribution < -0.4 is 10.6 Å². The average molecular weight is 433 g/mol. The highest BCUT2D eigenvalue weighted by molar-refractivity contribution is 6.07. The molecule has 0 atom stereocenters. The van der Waals surface area contributed by atoms with Crippen LogP contribution in [0.3, 0.4) is 0 Å². The van der Waals surface area contributed by atoms with E-state index in [9.17, 15) is 19.2 Å². The summed E-state index contributed by atoms with van der Waals surface area (Å²) in [6.45, 7) is 1.50. The predicted molar refractivity (Wildman–Crippen MR) is 115 cm³/mol. The standard InChI is InChI=1S/C23H36N4O4/c28-19(11-16-27-21(30)23(25-22(27)31)12-5-2-6-13-23)24-18-9-14-26(15-10-18)20(29)17-7-3-1-4-8-17/h17-18H,1-16H2,(H,24,28)(H,25,31). The van der Waals surface area contributed by atoms with Gasteiger partial charge in [0.25, 0.3) is 5.91 Å². The van der Waals surface area contributed by atoms with Crippen molar-refractivity contribution in [3.63, 3.8) is 0 Å². The highest BCUT2D eigenvalue weighted by Gasteiger charge is 2.51. The van der Waals surface area contributed by atoms with E-state index in [0.717, 1.165) is 57.8 Å². The van der Waals surface area contributed by atoms with Gasteiger partial charge in [-0.25, -0.2) is 4.79 Å². The molecule has 31 heavy (non-hydrogen) atoms. The first kappa shape index (κ1) is 22.1. The van der Waals surface area contributed by atoms with Crippen LogP contribution >= 0.6 is 0 Å². The Hall–Kier alpha value is -2.12. The number of hydrogen-bond donors (Lipinski definition) is 2. The Morgan fingerprint density at radius 2 is 1.58 bits per heavy atom. The molecule has 0 aromatic carbocycles. The zero-order chi connectivity index (χ0) is 21.8. The van der Waals surface area contributed by atoms with Crippen LogP contribution in [-0.4, -0.2) is 64.8 Å². The van der Waals surface area contributed by atoms with Gasteiger partial charge in [0.05, 0.1) is 0 Å². The Labute approximate surface area is 184 Å². The summed E-state index contributed by atoms with van der Waals surface area (Å²) in [6.07, 6.45) is 11.6. The number of nitrogens with one attached hydrogen (secondary N) is 2. The van der Waals surface area contributed by atoms with E-state index in [2.05, 4.69) is 10.6 Å². The summed E-state index contributed by atoms with van der Waals surface area (Å²) in [5, 5.41) is 5.92. The second-order valence-corrected chi connectivity index (χ2v) is 9.78. The molecule has 8 heteroatoms. The van der Waals surface area contributed by atoms with Crippen LogP contribution in [0, 0.1) is 5.92 Å². The van der Waals surface area contributed by atoms with Crippen molar-refractivity contribution in [1.29, 1.82) is 0 Å². The Morgan fingerprint density at radius 3 is 2.26 bits per heavy atom. The number of piperidine rings is 1. The molecule has 2 heterocycles. The highest BCUT2D eigenvalue weighted by atomic mass is 16.2. The lowest BCUT2D eigenvalue weighted by molar-refractivity contribution is -0.137. The zero-order valence-corrected chi connectivity index (χ0v) is 18.5. The molecule has 2 aliphatic carbocycles. The van der Waals surface area contributed by atoms with Gasteiger partial charge in [0.15, 0.2) is 0 Å². The fraction of sp³-hybridized carbons (Fsp3) is 0.826. The molecule has 0 unspecified atom stereocenters. The Balaban J connectivity index is 1.19. The zero-order valence-electron chi connectivity index (χ0n) is 18.5. The molecule has 4 rings (SSSR count). The van der Waals surface area contributed by atoms with E-state index >= 15 is 0 Å². The van der Waals surface area contributed by atoms with E-state index in [1.54, 1.807) is 0 Å². The average Bonchev–Trinajstić information content (AvgIpc) is 3.02. The molecular formula is C23H36N4O4. The number of carbonyl (C=O) groups is 4. The van der Waals surface area contributed by atoms with Crippen molar-refractivity contribution in [3.8, 4) is 0 Å². The van der Waals surface area contributed by atoms with Crippen LogP contribution in [0.2, 0.25) is 0 Å². The van der Waals surface area contributed by atoms with Crippen molar-refractivity contribution in [1.82, 2.24) is 20.4 Å². The maximum Gasteiger partial charge on any atom is 0.325 e. The summed E-state index contributed by atoms with van der Waals surface area (Å²) in [5.74, 6) is 0.179. The number of carbonyl (C=O) groups excluding carboxylic acids is 4. The Kier molecular flexibility index (Phi) is 6.82. The van der Waals surface area contributed by atoms with Crippen LogP contribution in [0.25, 0.3) is 0 Å². The summed E-state index contributed by atoms with van der Waals surface area (Å²) in [6, 6.07) is -0.315. The maximum atomic E-state index is 12.8. The van der Waals surface area contributed by atoms with E-state index in [1.165, 1.54) is 11.3 Å². The molecule has 0 aromatic rings. The molecule has 0 bridgehead atoms. The SMILES string of the molecule is O=C(CCN1C(=O)NC2(CCCCC2)C1=O)NC1CCN(C(=O)C2CCCCC2)CC1. The third-order valence-electron chi connectivity index (χ3n) is 7.64. The summed E-state index contributed by atoms with van der Waals surface area (Å²) < 4.78 is 0. The van der Waals surface area contributed by atoms with Crippen molar-refractivity contribution >= 4 is 23.8 Å². The van der Waals surface area contributed by atoms with Crippen molar-refractivity contribution in [2.24, 2.45) is 5.92 Å². The summed E-state index contributed by atoms with van der Waals surface area (Å²) in [5.41, 5.74) is -0.733.